The van der Waals surface area contributed by atoms with E-state index >= 15 is 0 Å². The van der Waals surface area contributed by atoms with Gasteiger partial charge in [0.1, 0.15) is 0 Å². The Kier molecular flexibility index (Phi) is 3.33. The Morgan fingerprint density at radius 1 is 1.79 bits per heavy atom. The van der Waals surface area contributed by atoms with Gasteiger partial charge in [0.2, 0.25) is 5.91 Å². The number of hydrogen-bond donors (Lipinski definition) is 2. The van der Waals surface area contributed by atoms with Crippen LogP contribution in [0.4, 0.5) is 4.79 Å². The molecule has 14 heavy (non-hydrogen) atoms. The molecule has 0 aromatic rings. The number of nitrogens with zero attached hydrogens (tertiary/aromatic N) is 1. The van der Waals surface area contributed by atoms with Gasteiger partial charge in [0, 0.05) is 19.6 Å². The summed E-state index contributed by atoms with van der Waals surface area (Å²) in [5, 5.41) is 2.76. The van der Waals surface area contributed by atoms with Gasteiger partial charge in [-0.1, -0.05) is 13.8 Å². The van der Waals surface area contributed by atoms with Crippen LogP contribution in [-0.4, -0.2) is 36.5 Å². The van der Waals surface area contributed by atoms with Gasteiger partial charge >= 0.3 is 6.03 Å². The van der Waals surface area contributed by atoms with E-state index in [0.717, 1.165) is 0 Å². The molecule has 3 N–H and O–H groups in total. The maximum Gasteiger partial charge on any atom is 0.317 e. The summed E-state index contributed by atoms with van der Waals surface area (Å²) in [5.74, 6) is -0.227. The second kappa shape index (κ2) is 4.30. The van der Waals surface area contributed by atoms with E-state index < -0.39 is 0 Å². The van der Waals surface area contributed by atoms with Crippen molar-refractivity contribution in [2.75, 3.05) is 19.6 Å². The Labute approximate surface area is 83.6 Å². The third-order valence-electron chi connectivity index (χ3n) is 2.40. The third-order valence-corrected chi connectivity index (χ3v) is 2.40. The van der Waals surface area contributed by atoms with E-state index in [1.54, 1.807) is 11.8 Å². The first-order chi connectivity index (χ1) is 6.50. The number of carbonyl (C=O) groups is 2. The summed E-state index contributed by atoms with van der Waals surface area (Å²) in [6.07, 6.45) is 0. The molecule has 0 aliphatic carbocycles. The summed E-state index contributed by atoms with van der Waals surface area (Å²) < 4.78 is 0. The van der Waals surface area contributed by atoms with Gasteiger partial charge in [-0.05, 0) is 5.92 Å². The molecule has 1 aliphatic heterocycles. The molecule has 1 rings (SSSR count). The molecule has 1 fully saturated rings. The number of nitrogens with one attached hydrogen (secondary N) is 1. The zero-order valence-corrected chi connectivity index (χ0v) is 8.62. The van der Waals surface area contributed by atoms with E-state index in [-0.39, 0.29) is 17.9 Å². The monoisotopic (exact) mass is 199 g/mol. The minimum atomic E-state index is -0.365. The summed E-state index contributed by atoms with van der Waals surface area (Å²) in [6, 6.07) is -0.101. The van der Waals surface area contributed by atoms with Gasteiger partial charge in [-0.2, -0.15) is 0 Å². The van der Waals surface area contributed by atoms with E-state index in [9.17, 15) is 9.59 Å². The van der Waals surface area contributed by atoms with Crippen molar-refractivity contribution in [1.82, 2.24) is 10.2 Å². The predicted molar refractivity (Wildman–Crippen MR) is 52.5 cm³/mol. The Balaban J connectivity index is 2.49. The van der Waals surface area contributed by atoms with Crippen molar-refractivity contribution in [2.24, 2.45) is 17.6 Å². The lowest BCUT2D eigenvalue weighted by atomic mass is 10.1. The van der Waals surface area contributed by atoms with Crippen LogP contribution in [0.2, 0.25) is 0 Å². The SMILES string of the molecule is CC1CNC(=O)N(CC(C)C(N)=O)C1. The van der Waals surface area contributed by atoms with Crippen molar-refractivity contribution in [2.45, 2.75) is 13.8 Å². The molecule has 1 aliphatic rings. The number of rotatable bonds is 3. The summed E-state index contributed by atoms with van der Waals surface area (Å²) >= 11 is 0. The summed E-state index contributed by atoms with van der Waals surface area (Å²) in [4.78, 5) is 23.8. The lowest BCUT2D eigenvalue weighted by Gasteiger charge is -2.32. The molecule has 2 unspecified atom stereocenters. The van der Waals surface area contributed by atoms with Crippen LogP contribution in [0, 0.1) is 11.8 Å². The average molecular weight is 199 g/mol. The van der Waals surface area contributed by atoms with Crippen molar-refractivity contribution in [1.29, 1.82) is 0 Å². The zero-order chi connectivity index (χ0) is 10.7. The Bertz CT molecular complexity index is 242. The Hall–Kier alpha value is -1.26. The molecule has 0 aromatic heterocycles. The summed E-state index contributed by atoms with van der Waals surface area (Å²) in [6.45, 7) is 5.60. The van der Waals surface area contributed by atoms with E-state index in [2.05, 4.69) is 12.2 Å². The molecular formula is C9H17N3O2. The predicted octanol–water partition coefficient (Wildman–Crippen LogP) is -0.231. The number of amides is 3. The fraction of sp³-hybridized carbons (Fsp3) is 0.778. The molecule has 1 saturated heterocycles. The average Bonchev–Trinajstić information content (AvgIpc) is 2.11. The van der Waals surface area contributed by atoms with Crippen molar-refractivity contribution in [3.05, 3.63) is 0 Å². The van der Waals surface area contributed by atoms with E-state index in [1.807, 2.05) is 0 Å². The van der Waals surface area contributed by atoms with Crippen LogP contribution in [-0.2, 0) is 4.79 Å². The minimum absolute atomic E-state index is 0.101. The highest BCUT2D eigenvalue weighted by molar-refractivity contribution is 5.79. The maximum absolute atomic E-state index is 11.4. The molecule has 0 radical (unpaired) electrons. The number of carbonyl (C=O) groups excluding carboxylic acids is 2. The number of nitrogens with two attached hydrogens (primary N) is 1. The van der Waals surface area contributed by atoms with Gasteiger partial charge < -0.3 is 16.0 Å². The first-order valence-corrected chi connectivity index (χ1v) is 4.82. The fourth-order valence-electron chi connectivity index (χ4n) is 1.48. The molecule has 0 aromatic carbocycles. The molecule has 1 heterocycles. The maximum atomic E-state index is 11.4. The molecule has 0 saturated carbocycles. The minimum Gasteiger partial charge on any atom is -0.369 e. The lowest BCUT2D eigenvalue weighted by molar-refractivity contribution is -0.121. The van der Waals surface area contributed by atoms with Gasteiger partial charge in [0.05, 0.1) is 5.92 Å². The Morgan fingerprint density at radius 2 is 2.43 bits per heavy atom. The van der Waals surface area contributed by atoms with Crippen LogP contribution in [0.25, 0.3) is 0 Å². The molecule has 3 amide bonds. The lowest BCUT2D eigenvalue weighted by Crippen LogP contribution is -2.52. The molecule has 80 valence electrons. The third kappa shape index (κ3) is 2.61. The Morgan fingerprint density at radius 3 is 3.00 bits per heavy atom. The molecule has 0 spiro atoms. The molecule has 2 atom stereocenters. The largest absolute Gasteiger partial charge is 0.369 e. The molecule has 5 heteroatoms. The standard InChI is InChI=1S/C9H17N3O2/c1-6-3-11-9(14)12(4-6)5-7(2)8(10)13/h6-7H,3-5H2,1-2H3,(H2,10,13)(H,11,14). The second-order valence-electron chi connectivity index (χ2n) is 4.00. The number of urea groups is 1. The van der Waals surface area contributed by atoms with Crippen molar-refractivity contribution >= 4 is 11.9 Å². The van der Waals surface area contributed by atoms with Gasteiger partial charge in [0.25, 0.3) is 0 Å². The quantitative estimate of drug-likeness (QED) is 0.658. The van der Waals surface area contributed by atoms with E-state index in [4.69, 9.17) is 5.73 Å². The van der Waals surface area contributed by atoms with Crippen LogP contribution in [0.5, 0.6) is 0 Å². The van der Waals surface area contributed by atoms with Crippen molar-refractivity contribution in [3.63, 3.8) is 0 Å². The highest BCUT2D eigenvalue weighted by Crippen LogP contribution is 2.08. The smallest absolute Gasteiger partial charge is 0.317 e. The fourth-order valence-corrected chi connectivity index (χ4v) is 1.48. The van der Waals surface area contributed by atoms with Crippen LogP contribution in [0.15, 0.2) is 0 Å². The topological polar surface area (TPSA) is 75.4 Å². The van der Waals surface area contributed by atoms with Crippen molar-refractivity contribution < 1.29 is 9.59 Å². The summed E-state index contributed by atoms with van der Waals surface area (Å²) in [5.41, 5.74) is 5.14. The molecular weight excluding hydrogens is 182 g/mol. The molecule has 0 bridgehead atoms. The van der Waals surface area contributed by atoms with Crippen LogP contribution < -0.4 is 11.1 Å². The highest BCUT2D eigenvalue weighted by Gasteiger charge is 2.24. The van der Waals surface area contributed by atoms with Gasteiger partial charge in [0.15, 0.2) is 0 Å². The highest BCUT2D eigenvalue weighted by atomic mass is 16.2. The van der Waals surface area contributed by atoms with Gasteiger partial charge in [-0.15, -0.1) is 0 Å². The van der Waals surface area contributed by atoms with Crippen LogP contribution >= 0.6 is 0 Å². The van der Waals surface area contributed by atoms with Gasteiger partial charge in [-0.25, -0.2) is 4.79 Å². The van der Waals surface area contributed by atoms with Crippen LogP contribution in [0.3, 0.4) is 0 Å². The van der Waals surface area contributed by atoms with E-state index in [0.29, 0.717) is 25.6 Å². The van der Waals surface area contributed by atoms with E-state index in [1.165, 1.54) is 0 Å². The zero-order valence-electron chi connectivity index (χ0n) is 8.62. The summed E-state index contributed by atoms with van der Waals surface area (Å²) in [7, 11) is 0. The molecule has 5 nitrogen and oxygen atoms in total. The van der Waals surface area contributed by atoms with Crippen LogP contribution in [0.1, 0.15) is 13.8 Å². The number of hydrogen-bond acceptors (Lipinski definition) is 2. The first-order valence-electron chi connectivity index (χ1n) is 4.82. The van der Waals surface area contributed by atoms with Gasteiger partial charge in [-0.3, -0.25) is 4.79 Å². The number of primary amides is 1. The first kappa shape index (κ1) is 10.8. The normalized spacial score (nSPS) is 24.3. The van der Waals surface area contributed by atoms with Crippen molar-refractivity contribution in [3.8, 4) is 0 Å². The second-order valence-corrected chi connectivity index (χ2v) is 4.00.